The zero-order valence-corrected chi connectivity index (χ0v) is 8.93. The lowest BCUT2D eigenvalue weighted by Crippen LogP contribution is -2.49. The van der Waals surface area contributed by atoms with Crippen molar-refractivity contribution in [2.75, 3.05) is 0 Å². The number of pyridine rings is 1. The van der Waals surface area contributed by atoms with E-state index in [0.717, 1.165) is 16.5 Å². The van der Waals surface area contributed by atoms with E-state index in [1.807, 2.05) is 30.3 Å². The monoisotopic (exact) mass is 214 g/mol. The fourth-order valence-corrected chi connectivity index (χ4v) is 2.40. The molecular weight excluding hydrogens is 200 g/mol. The Bertz CT molecular complexity index is 532. The third kappa shape index (κ3) is 1.40. The maximum atomic E-state index is 10.3. The molecule has 1 aliphatic carbocycles. The molecule has 0 saturated heterocycles. The van der Waals surface area contributed by atoms with Crippen LogP contribution in [0.2, 0.25) is 0 Å². The molecule has 1 heterocycles. The van der Waals surface area contributed by atoms with Crippen LogP contribution in [0.3, 0.4) is 0 Å². The molecule has 1 aromatic heterocycles. The SMILES string of the molecule is NC1CC(O)(c2ccc3cccnc3c2)C1. The molecular formula is C13H14N2O. The van der Waals surface area contributed by atoms with Gasteiger partial charge in [-0.15, -0.1) is 0 Å². The summed E-state index contributed by atoms with van der Waals surface area (Å²) in [5.74, 6) is 0. The average Bonchev–Trinajstić information content (AvgIpc) is 2.26. The summed E-state index contributed by atoms with van der Waals surface area (Å²) >= 11 is 0. The lowest BCUT2D eigenvalue weighted by Gasteiger charge is -2.42. The highest BCUT2D eigenvalue weighted by molar-refractivity contribution is 5.79. The van der Waals surface area contributed by atoms with Crippen molar-refractivity contribution in [2.24, 2.45) is 5.73 Å². The quantitative estimate of drug-likeness (QED) is 0.757. The molecule has 0 amide bonds. The normalized spacial score (nSPS) is 29.0. The van der Waals surface area contributed by atoms with Gasteiger partial charge in [-0.1, -0.05) is 18.2 Å². The molecule has 82 valence electrons. The van der Waals surface area contributed by atoms with Crippen molar-refractivity contribution in [3.63, 3.8) is 0 Å². The van der Waals surface area contributed by atoms with E-state index >= 15 is 0 Å². The van der Waals surface area contributed by atoms with Gasteiger partial charge in [-0.2, -0.15) is 0 Å². The van der Waals surface area contributed by atoms with E-state index in [1.54, 1.807) is 6.20 Å². The zero-order valence-electron chi connectivity index (χ0n) is 8.93. The Balaban J connectivity index is 2.06. The van der Waals surface area contributed by atoms with Crippen LogP contribution in [0.1, 0.15) is 18.4 Å². The first-order chi connectivity index (χ1) is 7.67. The third-order valence-corrected chi connectivity index (χ3v) is 3.34. The molecule has 0 bridgehead atoms. The summed E-state index contributed by atoms with van der Waals surface area (Å²) in [5.41, 5.74) is 6.85. The first-order valence-corrected chi connectivity index (χ1v) is 5.51. The summed E-state index contributed by atoms with van der Waals surface area (Å²) in [6.07, 6.45) is 3.05. The third-order valence-electron chi connectivity index (χ3n) is 3.34. The molecule has 1 aromatic carbocycles. The van der Waals surface area contributed by atoms with Gasteiger partial charge in [0, 0.05) is 17.6 Å². The molecule has 1 fully saturated rings. The Kier molecular flexibility index (Phi) is 1.99. The molecule has 0 spiro atoms. The minimum Gasteiger partial charge on any atom is -0.385 e. The molecule has 2 aromatic rings. The Hall–Kier alpha value is -1.45. The second-order valence-electron chi connectivity index (χ2n) is 4.61. The van der Waals surface area contributed by atoms with Crippen LogP contribution in [0.25, 0.3) is 10.9 Å². The van der Waals surface area contributed by atoms with Gasteiger partial charge in [-0.25, -0.2) is 0 Å². The van der Waals surface area contributed by atoms with Gasteiger partial charge in [0.05, 0.1) is 11.1 Å². The van der Waals surface area contributed by atoms with Gasteiger partial charge < -0.3 is 10.8 Å². The number of rotatable bonds is 1. The van der Waals surface area contributed by atoms with Crippen molar-refractivity contribution in [1.82, 2.24) is 4.98 Å². The predicted octanol–water partition coefficient (Wildman–Crippen LogP) is 1.54. The molecule has 3 heteroatoms. The Morgan fingerprint density at radius 3 is 2.88 bits per heavy atom. The zero-order chi connectivity index (χ0) is 11.2. The van der Waals surface area contributed by atoms with Crippen LogP contribution in [0, 0.1) is 0 Å². The first kappa shape index (κ1) is 9.75. The predicted molar refractivity (Wildman–Crippen MR) is 62.8 cm³/mol. The molecule has 1 aliphatic rings. The summed E-state index contributed by atoms with van der Waals surface area (Å²) in [6, 6.07) is 9.99. The number of hydrogen-bond acceptors (Lipinski definition) is 3. The molecule has 16 heavy (non-hydrogen) atoms. The van der Waals surface area contributed by atoms with Crippen LogP contribution < -0.4 is 5.73 Å². The highest BCUT2D eigenvalue weighted by atomic mass is 16.3. The molecule has 0 atom stereocenters. The summed E-state index contributed by atoms with van der Waals surface area (Å²) in [6.45, 7) is 0. The second kappa shape index (κ2) is 3.27. The molecule has 0 radical (unpaired) electrons. The van der Waals surface area contributed by atoms with Gasteiger partial charge in [-0.3, -0.25) is 4.98 Å². The summed E-state index contributed by atoms with van der Waals surface area (Å²) in [7, 11) is 0. The van der Waals surface area contributed by atoms with E-state index in [9.17, 15) is 5.11 Å². The topological polar surface area (TPSA) is 59.1 Å². The highest BCUT2D eigenvalue weighted by Crippen LogP contribution is 2.40. The van der Waals surface area contributed by atoms with E-state index in [-0.39, 0.29) is 6.04 Å². The van der Waals surface area contributed by atoms with Crippen LogP contribution >= 0.6 is 0 Å². The van der Waals surface area contributed by atoms with Crippen LogP contribution in [0.4, 0.5) is 0 Å². The molecule has 0 aliphatic heterocycles. The summed E-state index contributed by atoms with van der Waals surface area (Å²) in [5, 5.41) is 11.4. The van der Waals surface area contributed by atoms with Crippen molar-refractivity contribution in [3.8, 4) is 0 Å². The van der Waals surface area contributed by atoms with E-state index in [4.69, 9.17) is 5.73 Å². The minimum atomic E-state index is -0.731. The molecule has 3 nitrogen and oxygen atoms in total. The Morgan fingerprint density at radius 2 is 2.12 bits per heavy atom. The number of aromatic nitrogens is 1. The smallest absolute Gasteiger partial charge is 0.0926 e. The van der Waals surface area contributed by atoms with Gasteiger partial charge in [0.2, 0.25) is 0 Å². The van der Waals surface area contributed by atoms with Crippen LogP contribution in [0.15, 0.2) is 36.5 Å². The van der Waals surface area contributed by atoms with Gasteiger partial charge in [0.1, 0.15) is 0 Å². The van der Waals surface area contributed by atoms with Crippen molar-refractivity contribution >= 4 is 10.9 Å². The van der Waals surface area contributed by atoms with Crippen LogP contribution in [-0.2, 0) is 5.60 Å². The minimum absolute atomic E-state index is 0.129. The fraction of sp³-hybridized carbons (Fsp3) is 0.308. The average molecular weight is 214 g/mol. The molecule has 1 saturated carbocycles. The van der Waals surface area contributed by atoms with Crippen molar-refractivity contribution in [3.05, 3.63) is 42.1 Å². The molecule has 3 N–H and O–H groups in total. The largest absolute Gasteiger partial charge is 0.385 e. The van der Waals surface area contributed by atoms with Crippen molar-refractivity contribution in [1.29, 1.82) is 0 Å². The fourth-order valence-electron chi connectivity index (χ4n) is 2.40. The van der Waals surface area contributed by atoms with E-state index in [0.29, 0.717) is 12.8 Å². The standard InChI is InChI=1S/C13H14N2O/c14-11-7-13(16,8-11)10-4-3-9-2-1-5-15-12(9)6-10/h1-6,11,16H,7-8,14H2. The van der Waals surface area contributed by atoms with E-state index in [2.05, 4.69) is 4.98 Å². The first-order valence-electron chi connectivity index (χ1n) is 5.51. The Morgan fingerprint density at radius 1 is 1.31 bits per heavy atom. The second-order valence-corrected chi connectivity index (χ2v) is 4.61. The maximum Gasteiger partial charge on any atom is 0.0926 e. The summed E-state index contributed by atoms with van der Waals surface area (Å²) in [4.78, 5) is 4.29. The van der Waals surface area contributed by atoms with E-state index < -0.39 is 5.60 Å². The van der Waals surface area contributed by atoms with Gasteiger partial charge >= 0.3 is 0 Å². The van der Waals surface area contributed by atoms with Crippen LogP contribution in [-0.4, -0.2) is 16.1 Å². The lowest BCUT2D eigenvalue weighted by molar-refractivity contribution is -0.0521. The number of aliphatic hydroxyl groups is 1. The maximum absolute atomic E-state index is 10.3. The highest BCUT2D eigenvalue weighted by Gasteiger charge is 2.42. The van der Waals surface area contributed by atoms with Gasteiger partial charge in [0.25, 0.3) is 0 Å². The van der Waals surface area contributed by atoms with Crippen molar-refractivity contribution in [2.45, 2.75) is 24.5 Å². The number of benzene rings is 1. The number of nitrogens with two attached hydrogens (primary N) is 1. The van der Waals surface area contributed by atoms with Crippen molar-refractivity contribution < 1.29 is 5.11 Å². The van der Waals surface area contributed by atoms with Gasteiger partial charge in [0.15, 0.2) is 0 Å². The number of nitrogens with zero attached hydrogens (tertiary/aromatic N) is 1. The lowest BCUT2D eigenvalue weighted by atomic mass is 9.72. The van der Waals surface area contributed by atoms with Crippen LogP contribution in [0.5, 0.6) is 0 Å². The number of fused-ring (bicyclic) bond motifs is 1. The van der Waals surface area contributed by atoms with Gasteiger partial charge in [-0.05, 0) is 30.5 Å². The van der Waals surface area contributed by atoms with E-state index in [1.165, 1.54) is 0 Å². The molecule has 3 rings (SSSR count). The Labute approximate surface area is 93.9 Å². The molecule has 0 unspecified atom stereocenters. The summed E-state index contributed by atoms with van der Waals surface area (Å²) < 4.78 is 0. The number of hydrogen-bond donors (Lipinski definition) is 2.